The van der Waals surface area contributed by atoms with Crippen molar-refractivity contribution in [3.63, 3.8) is 0 Å². The van der Waals surface area contributed by atoms with Crippen molar-refractivity contribution in [2.75, 3.05) is 6.54 Å². The first-order valence-electron chi connectivity index (χ1n) is 5.98. The van der Waals surface area contributed by atoms with E-state index in [1.807, 2.05) is 20.8 Å². The lowest BCUT2D eigenvalue weighted by Gasteiger charge is -2.18. The van der Waals surface area contributed by atoms with Crippen LogP contribution in [0.5, 0.6) is 0 Å². The lowest BCUT2D eigenvalue weighted by molar-refractivity contribution is -0.123. The molecule has 1 atom stereocenters. The molecule has 0 radical (unpaired) electrons. The second-order valence-corrected chi connectivity index (χ2v) is 6.05. The van der Waals surface area contributed by atoms with Crippen molar-refractivity contribution in [2.45, 2.75) is 33.3 Å². The predicted molar refractivity (Wildman–Crippen MR) is 73.5 cm³/mol. The summed E-state index contributed by atoms with van der Waals surface area (Å²) < 4.78 is 0. The fourth-order valence-corrected chi connectivity index (χ4v) is 1.68. The first kappa shape index (κ1) is 15.0. The molecule has 3 nitrogen and oxygen atoms in total. The summed E-state index contributed by atoms with van der Waals surface area (Å²) in [6, 6.07) is 6.94. The molecule has 18 heavy (non-hydrogen) atoms. The van der Waals surface area contributed by atoms with Crippen molar-refractivity contribution in [2.24, 2.45) is 5.41 Å². The monoisotopic (exact) mass is 269 g/mol. The molecule has 0 saturated carbocycles. The molecule has 0 saturated heterocycles. The van der Waals surface area contributed by atoms with Gasteiger partial charge in [0.25, 0.3) is 0 Å². The fraction of sp³-hybridized carbons (Fsp3) is 0.500. The van der Waals surface area contributed by atoms with Crippen molar-refractivity contribution in [1.82, 2.24) is 5.32 Å². The molecule has 0 aliphatic heterocycles. The largest absolute Gasteiger partial charge is 0.387 e. The van der Waals surface area contributed by atoms with Gasteiger partial charge < -0.3 is 10.4 Å². The minimum absolute atomic E-state index is 0.0458. The number of amides is 1. The van der Waals surface area contributed by atoms with Crippen LogP contribution in [0.15, 0.2) is 24.3 Å². The third-order valence-electron chi connectivity index (χ3n) is 2.44. The van der Waals surface area contributed by atoms with Gasteiger partial charge in [-0.05, 0) is 23.1 Å². The zero-order valence-corrected chi connectivity index (χ0v) is 11.8. The molecule has 4 heteroatoms. The van der Waals surface area contributed by atoms with Crippen molar-refractivity contribution in [3.8, 4) is 0 Å². The molecule has 0 heterocycles. The number of halogens is 1. The van der Waals surface area contributed by atoms with Crippen molar-refractivity contribution < 1.29 is 9.90 Å². The van der Waals surface area contributed by atoms with Crippen LogP contribution in [-0.4, -0.2) is 17.6 Å². The highest BCUT2D eigenvalue weighted by atomic mass is 35.5. The van der Waals surface area contributed by atoms with Crippen LogP contribution in [0.4, 0.5) is 0 Å². The van der Waals surface area contributed by atoms with E-state index in [0.717, 1.165) is 5.56 Å². The number of aliphatic hydroxyl groups is 1. The van der Waals surface area contributed by atoms with Gasteiger partial charge in [0.05, 0.1) is 6.10 Å². The summed E-state index contributed by atoms with van der Waals surface area (Å²) >= 11 is 5.77. The second-order valence-electron chi connectivity index (χ2n) is 5.61. The summed E-state index contributed by atoms with van der Waals surface area (Å²) in [6.45, 7) is 6.23. The Kier molecular flexibility index (Phi) is 5.17. The first-order valence-corrected chi connectivity index (χ1v) is 6.36. The van der Waals surface area contributed by atoms with Crippen LogP contribution >= 0.6 is 11.6 Å². The van der Waals surface area contributed by atoms with E-state index < -0.39 is 6.10 Å². The predicted octanol–water partition coefficient (Wildman–Crippen LogP) is 2.93. The average Bonchev–Trinajstić information content (AvgIpc) is 2.24. The maximum absolute atomic E-state index is 11.6. The molecule has 0 spiro atoms. The highest BCUT2D eigenvalue weighted by Gasteiger charge is 2.16. The van der Waals surface area contributed by atoms with Crippen LogP contribution in [-0.2, 0) is 4.79 Å². The minimum Gasteiger partial charge on any atom is -0.387 e. The van der Waals surface area contributed by atoms with Gasteiger partial charge in [0, 0.05) is 18.0 Å². The Bertz CT molecular complexity index is 395. The standard InChI is InChI=1S/C14H20ClNO2/c1-14(2,3)8-13(18)16-9-12(17)10-4-6-11(15)7-5-10/h4-7,12,17H,8-9H2,1-3H3,(H,16,18)/t12-/m0/s1. The molecule has 2 N–H and O–H groups in total. The van der Waals surface area contributed by atoms with Gasteiger partial charge in [-0.15, -0.1) is 0 Å². The molecule has 1 aromatic rings. The van der Waals surface area contributed by atoms with E-state index in [1.54, 1.807) is 24.3 Å². The third kappa shape index (κ3) is 5.52. The number of aliphatic hydroxyl groups excluding tert-OH is 1. The average molecular weight is 270 g/mol. The maximum atomic E-state index is 11.6. The zero-order chi connectivity index (χ0) is 13.8. The van der Waals surface area contributed by atoms with Gasteiger partial charge in [0.2, 0.25) is 5.91 Å². The normalized spacial score (nSPS) is 13.2. The van der Waals surface area contributed by atoms with E-state index in [4.69, 9.17) is 11.6 Å². The van der Waals surface area contributed by atoms with E-state index in [2.05, 4.69) is 5.32 Å². The van der Waals surface area contributed by atoms with E-state index in [-0.39, 0.29) is 17.9 Å². The summed E-state index contributed by atoms with van der Waals surface area (Å²) in [5.41, 5.74) is 0.699. The lowest BCUT2D eigenvalue weighted by Crippen LogP contribution is -2.31. The van der Waals surface area contributed by atoms with Crippen LogP contribution in [0.1, 0.15) is 38.9 Å². The van der Waals surface area contributed by atoms with Crippen molar-refractivity contribution in [1.29, 1.82) is 0 Å². The molecule has 0 fully saturated rings. The Hall–Kier alpha value is -1.06. The first-order chi connectivity index (χ1) is 8.28. The lowest BCUT2D eigenvalue weighted by atomic mass is 9.92. The van der Waals surface area contributed by atoms with E-state index in [0.29, 0.717) is 11.4 Å². The van der Waals surface area contributed by atoms with Crippen LogP contribution < -0.4 is 5.32 Å². The minimum atomic E-state index is -0.703. The van der Waals surface area contributed by atoms with Crippen LogP contribution in [0, 0.1) is 5.41 Å². The summed E-state index contributed by atoms with van der Waals surface area (Å²) in [6.07, 6.45) is -0.258. The van der Waals surface area contributed by atoms with E-state index in [9.17, 15) is 9.90 Å². The molecule has 0 aliphatic carbocycles. The Morgan fingerprint density at radius 1 is 1.33 bits per heavy atom. The maximum Gasteiger partial charge on any atom is 0.220 e. The second kappa shape index (κ2) is 6.21. The molecule has 1 rings (SSSR count). The highest BCUT2D eigenvalue weighted by molar-refractivity contribution is 6.30. The smallest absolute Gasteiger partial charge is 0.220 e. The van der Waals surface area contributed by atoms with Crippen LogP contribution in [0.2, 0.25) is 5.02 Å². The van der Waals surface area contributed by atoms with Gasteiger partial charge in [0.15, 0.2) is 0 Å². The van der Waals surface area contributed by atoms with Crippen LogP contribution in [0.3, 0.4) is 0 Å². The molecular formula is C14H20ClNO2. The van der Waals surface area contributed by atoms with Gasteiger partial charge >= 0.3 is 0 Å². The zero-order valence-electron chi connectivity index (χ0n) is 11.0. The summed E-state index contributed by atoms with van der Waals surface area (Å²) in [4.78, 5) is 11.6. The third-order valence-corrected chi connectivity index (χ3v) is 2.69. The Morgan fingerprint density at radius 3 is 2.39 bits per heavy atom. The topological polar surface area (TPSA) is 49.3 Å². The van der Waals surface area contributed by atoms with Gasteiger partial charge in [-0.25, -0.2) is 0 Å². The fourth-order valence-electron chi connectivity index (χ4n) is 1.56. The van der Waals surface area contributed by atoms with Crippen LogP contribution in [0.25, 0.3) is 0 Å². The number of benzene rings is 1. The number of carbonyl (C=O) groups excluding carboxylic acids is 1. The highest BCUT2D eigenvalue weighted by Crippen LogP contribution is 2.19. The Labute approximate surface area is 113 Å². The number of carbonyl (C=O) groups is 1. The van der Waals surface area contributed by atoms with E-state index >= 15 is 0 Å². The van der Waals surface area contributed by atoms with Gasteiger partial charge in [-0.2, -0.15) is 0 Å². The van der Waals surface area contributed by atoms with Gasteiger partial charge in [0.1, 0.15) is 0 Å². The molecule has 1 amide bonds. The molecule has 0 bridgehead atoms. The summed E-state index contributed by atoms with van der Waals surface area (Å²) in [5, 5.41) is 13.3. The SMILES string of the molecule is CC(C)(C)CC(=O)NC[C@H](O)c1ccc(Cl)cc1. The summed E-state index contributed by atoms with van der Waals surface area (Å²) in [5.74, 6) is -0.0458. The Balaban J connectivity index is 2.44. The number of hydrogen-bond acceptors (Lipinski definition) is 2. The number of hydrogen-bond donors (Lipinski definition) is 2. The quantitative estimate of drug-likeness (QED) is 0.883. The molecule has 0 aromatic heterocycles. The molecule has 1 aromatic carbocycles. The molecular weight excluding hydrogens is 250 g/mol. The summed E-state index contributed by atoms with van der Waals surface area (Å²) in [7, 11) is 0. The number of nitrogens with one attached hydrogen (secondary N) is 1. The van der Waals surface area contributed by atoms with Crippen molar-refractivity contribution >= 4 is 17.5 Å². The van der Waals surface area contributed by atoms with E-state index in [1.165, 1.54) is 0 Å². The van der Waals surface area contributed by atoms with Gasteiger partial charge in [-0.1, -0.05) is 44.5 Å². The molecule has 0 aliphatic rings. The van der Waals surface area contributed by atoms with Gasteiger partial charge in [-0.3, -0.25) is 4.79 Å². The number of rotatable bonds is 4. The molecule has 0 unspecified atom stereocenters. The van der Waals surface area contributed by atoms with Crippen molar-refractivity contribution in [3.05, 3.63) is 34.9 Å². The Morgan fingerprint density at radius 2 is 1.89 bits per heavy atom. The molecule has 100 valence electrons.